The molecule has 36 heavy (non-hydrogen) atoms. The molecule has 194 valence electrons. The quantitative estimate of drug-likeness (QED) is 0.451. The molecule has 3 rings (SSSR count). The molecule has 2 N–H and O–H groups in total. The van der Waals surface area contributed by atoms with Crippen LogP contribution in [0.4, 0.5) is 17.6 Å². The molecule has 1 heterocycles. The van der Waals surface area contributed by atoms with Crippen molar-refractivity contribution in [2.75, 3.05) is 12.9 Å². The summed E-state index contributed by atoms with van der Waals surface area (Å²) in [6.45, 7) is 2.02. The minimum absolute atomic E-state index is 0.00142. The SMILES string of the molecule is CC(C)(O)C(O)COc1c(-c2ccc(S(C)(=O)=O)cc2)cnn(-c2ccc(F)c(C(F)(F)F)c2)c1=O. The van der Waals surface area contributed by atoms with Crippen molar-refractivity contribution in [1.29, 1.82) is 0 Å². The van der Waals surface area contributed by atoms with Crippen LogP contribution in [0.2, 0.25) is 0 Å². The highest BCUT2D eigenvalue weighted by Crippen LogP contribution is 2.33. The Morgan fingerprint density at radius 3 is 2.25 bits per heavy atom. The van der Waals surface area contributed by atoms with Gasteiger partial charge in [-0.1, -0.05) is 12.1 Å². The van der Waals surface area contributed by atoms with Gasteiger partial charge in [0.15, 0.2) is 15.6 Å². The van der Waals surface area contributed by atoms with Crippen molar-refractivity contribution in [3.05, 3.63) is 70.4 Å². The van der Waals surface area contributed by atoms with E-state index in [1.54, 1.807) is 0 Å². The Kier molecular flexibility index (Phi) is 7.31. The van der Waals surface area contributed by atoms with E-state index in [2.05, 4.69) is 5.10 Å². The van der Waals surface area contributed by atoms with E-state index in [1.165, 1.54) is 38.1 Å². The number of sulfone groups is 1. The number of aliphatic hydroxyl groups excluding tert-OH is 1. The summed E-state index contributed by atoms with van der Waals surface area (Å²) in [5.74, 6) is -1.98. The van der Waals surface area contributed by atoms with E-state index in [0.717, 1.165) is 18.5 Å². The lowest BCUT2D eigenvalue weighted by atomic mass is 10.0. The third-order valence-electron chi connectivity index (χ3n) is 5.23. The van der Waals surface area contributed by atoms with Gasteiger partial charge in [-0.05, 0) is 49.7 Å². The molecule has 0 amide bonds. The molecule has 0 aliphatic heterocycles. The van der Waals surface area contributed by atoms with Crippen molar-refractivity contribution in [3.8, 4) is 22.6 Å². The fourth-order valence-corrected chi connectivity index (χ4v) is 3.71. The highest BCUT2D eigenvalue weighted by atomic mass is 32.2. The number of rotatable bonds is 7. The highest BCUT2D eigenvalue weighted by Gasteiger charge is 2.34. The Labute approximate surface area is 203 Å². The fraction of sp³-hybridized carbons (Fsp3) is 0.304. The van der Waals surface area contributed by atoms with Crippen LogP contribution < -0.4 is 10.3 Å². The Hall–Kier alpha value is -3.29. The van der Waals surface area contributed by atoms with Crippen LogP contribution in [-0.2, 0) is 16.0 Å². The first-order valence-electron chi connectivity index (χ1n) is 10.3. The lowest BCUT2D eigenvalue weighted by Crippen LogP contribution is -2.40. The highest BCUT2D eigenvalue weighted by molar-refractivity contribution is 7.90. The second kappa shape index (κ2) is 9.64. The third-order valence-corrected chi connectivity index (χ3v) is 6.36. The van der Waals surface area contributed by atoms with Crippen LogP contribution >= 0.6 is 0 Å². The second-order valence-corrected chi connectivity index (χ2v) is 10.6. The average Bonchev–Trinajstić information content (AvgIpc) is 2.76. The first kappa shape index (κ1) is 27.3. The number of aromatic nitrogens is 2. The smallest absolute Gasteiger partial charge is 0.419 e. The van der Waals surface area contributed by atoms with Crippen molar-refractivity contribution < 1.29 is 40.9 Å². The van der Waals surface area contributed by atoms with E-state index >= 15 is 0 Å². The van der Waals surface area contributed by atoms with Crippen molar-refractivity contribution in [2.45, 2.75) is 36.6 Å². The van der Waals surface area contributed by atoms with Gasteiger partial charge in [-0.2, -0.15) is 23.0 Å². The number of alkyl halides is 3. The van der Waals surface area contributed by atoms with Crippen LogP contribution in [0.5, 0.6) is 5.75 Å². The lowest BCUT2D eigenvalue weighted by Gasteiger charge is -2.24. The molecule has 0 bridgehead atoms. The predicted octanol–water partition coefficient (Wildman–Crippen LogP) is 2.97. The normalized spacial score (nSPS) is 13.5. The van der Waals surface area contributed by atoms with Gasteiger partial charge in [0.1, 0.15) is 18.5 Å². The van der Waals surface area contributed by atoms with E-state index < -0.39 is 62.7 Å². The number of nitrogens with zero attached hydrogens (tertiary/aromatic N) is 2. The summed E-state index contributed by atoms with van der Waals surface area (Å²) < 4.78 is 82.8. The maximum Gasteiger partial charge on any atom is 0.419 e. The fourth-order valence-electron chi connectivity index (χ4n) is 3.08. The maximum atomic E-state index is 13.7. The summed E-state index contributed by atoms with van der Waals surface area (Å²) in [5.41, 5.74) is -4.33. The molecule has 0 fully saturated rings. The molecule has 0 spiro atoms. The zero-order valence-electron chi connectivity index (χ0n) is 19.2. The molecule has 0 aliphatic rings. The first-order valence-corrected chi connectivity index (χ1v) is 12.2. The van der Waals surface area contributed by atoms with Gasteiger partial charge in [-0.15, -0.1) is 0 Å². The van der Waals surface area contributed by atoms with E-state index in [0.29, 0.717) is 16.8 Å². The largest absolute Gasteiger partial charge is 0.484 e. The van der Waals surface area contributed by atoms with Gasteiger partial charge in [0.05, 0.1) is 27.9 Å². The summed E-state index contributed by atoms with van der Waals surface area (Å²) in [4.78, 5) is 13.3. The minimum Gasteiger partial charge on any atom is -0.484 e. The monoisotopic (exact) mass is 530 g/mol. The van der Waals surface area contributed by atoms with Crippen molar-refractivity contribution >= 4 is 9.84 Å². The zero-order chi connectivity index (χ0) is 27.1. The molecular weight excluding hydrogens is 508 g/mol. The van der Waals surface area contributed by atoms with Crippen LogP contribution in [0.15, 0.2) is 58.4 Å². The van der Waals surface area contributed by atoms with Crippen molar-refractivity contribution in [2.24, 2.45) is 0 Å². The Bertz CT molecular complexity index is 1430. The molecule has 1 unspecified atom stereocenters. The molecule has 2 aromatic carbocycles. The molecule has 0 saturated heterocycles. The summed E-state index contributed by atoms with van der Waals surface area (Å²) in [5, 5.41) is 24.0. The van der Waals surface area contributed by atoms with Gasteiger partial charge in [0, 0.05) is 11.8 Å². The van der Waals surface area contributed by atoms with E-state index in [1.807, 2.05) is 0 Å². The van der Waals surface area contributed by atoms with Gasteiger partial charge in [-0.3, -0.25) is 4.79 Å². The standard InChI is InChI=1S/C23H22F4N2O6S/c1-22(2,32)19(30)12-35-20-16(13-4-7-15(8-5-13)36(3,33)34)11-28-29(21(20)31)14-6-9-18(24)17(10-14)23(25,26)27/h4-11,19,30,32H,12H2,1-3H3. The second-order valence-electron chi connectivity index (χ2n) is 8.54. The topological polar surface area (TPSA) is 119 Å². The molecule has 8 nitrogen and oxygen atoms in total. The van der Waals surface area contributed by atoms with Gasteiger partial charge < -0.3 is 14.9 Å². The molecule has 1 aromatic heterocycles. The number of benzene rings is 2. The zero-order valence-corrected chi connectivity index (χ0v) is 20.1. The van der Waals surface area contributed by atoms with Gasteiger partial charge in [-0.25, -0.2) is 12.8 Å². The van der Waals surface area contributed by atoms with Crippen LogP contribution in [0, 0.1) is 5.82 Å². The van der Waals surface area contributed by atoms with E-state index in [9.17, 15) is 41.0 Å². The molecule has 0 radical (unpaired) electrons. The summed E-state index contributed by atoms with van der Waals surface area (Å²) in [6, 6.07) is 7.19. The van der Waals surface area contributed by atoms with Crippen LogP contribution in [0.25, 0.3) is 16.8 Å². The first-order chi connectivity index (χ1) is 16.5. The Balaban J connectivity index is 2.17. The summed E-state index contributed by atoms with van der Waals surface area (Å²) in [7, 11) is -3.52. The minimum atomic E-state index is -5.03. The molecule has 0 saturated carbocycles. The van der Waals surface area contributed by atoms with Crippen LogP contribution in [0.3, 0.4) is 0 Å². The number of ether oxygens (including phenoxy) is 1. The molecule has 13 heteroatoms. The van der Waals surface area contributed by atoms with Gasteiger partial charge >= 0.3 is 11.7 Å². The molecule has 3 aromatic rings. The molecule has 1 atom stereocenters. The number of aliphatic hydroxyl groups is 2. The Morgan fingerprint density at radius 2 is 1.72 bits per heavy atom. The molecular formula is C23H22F4N2O6S. The molecule has 0 aliphatic carbocycles. The maximum absolute atomic E-state index is 13.7. The van der Waals surface area contributed by atoms with Crippen LogP contribution in [-0.4, -0.2) is 53.0 Å². The van der Waals surface area contributed by atoms with Crippen molar-refractivity contribution in [1.82, 2.24) is 9.78 Å². The Morgan fingerprint density at radius 1 is 1.11 bits per heavy atom. The average molecular weight is 530 g/mol. The number of halogens is 4. The summed E-state index contributed by atoms with van der Waals surface area (Å²) in [6.07, 6.45) is -4.38. The van der Waals surface area contributed by atoms with E-state index in [-0.39, 0.29) is 16.0 Å². The van der Waals surface area contributed by atoms with Gasteiger partial charge in [0.25, 0.3) is 0 Å². The number of hydrogen-bond donors (Lipinski definition) is 2. The number of hydrogen-bond acceptors (Lipinski definition) is 7. The predicted molar refractivity (Wildman–Crippen MR) is 121 cm³/mol. The van der Waals surface area contributed by atoms with Gasteiger partial charge in [0.2, 0.25) is 0 Å². The van der Waals surface area contributed by atoms with E-state index in [4.69, 9.17) is 4.74 Å². The van der Waals surface area contributed by atoms with Crippen LogP contribution in [0.1, 0.15) is 19.4 Å². The lowest BCUT2D eigenvalue weighted by molar-refractivity contribution is -0.140. The van der Waals surface area contributed by atoms with Crippen molar-refractivity contribution in [3.63, 3.8) is 0 Å². The summed E-state index contributed by atoms with van der Waals surface area (Å²) >= 11 is 0. The third kappa shape index (κ3) is 5.91.